The van der Waals surface area contributed by atoms with Gasteiger partial charge in [-0.15, -0.1) is 0 Å². The zero-order valence-electron chi connectivity index (χ0n) is 8.29. The van der Waals surface area contributed by atoms with E-state index in [9.17, 15) is 5.11 Å². The molecule has 72 valence electrons. The summed E-state index contributed by atoms with van der Waals surface area (Å²) >= 11 is 0. The second-order valence-electron chi connectivity index (χ2n) is 2.63. The molecule has 0 saturated heterocycles. The van der Waals surface area contributed by atoms with Crippen molar-refractivity contribution in [2.45, 2.75) is 27.2 Å². The van der Waals surface area contributed by atoms with Gasteiger partial charge in [-0.2, -0.15) is 0 Å². The fraction of sp³-hybridized carbons (Fsp3) is 0.500. The van der Waals surface area contributed by atoms with E-state index in [-0.39, 0.29) is 0 Å². The summed E-state index contributed by atoms with van der Waals surface area (Å²) in [5, 5.41) is 9.48. The zero-order valence-corrected chi connectivity index (χ0v) is 8.29. The number of nitrogens with zero attached hydrogens (tertiary/aromatic N) is 1. The summed E-state index contributed by atoms with van der Waals surface area (Å²) < 4.78 is 5.21. The van der Waals surface area contributed by atoms with Crippen molar-refractivity contribution in [3.05, 3.63) is 17.5 Å². The maximum absolute atomic E-state index is 9.48. The van der Waals surface area contributed by atoms with Gasteiger partial charge in [0.15, 0.2) is 0 Å². The fourth-order valence-corrected chi connectivity index (χ4v) is 1.26. The summed E-state index contributed by atoms with van der Waals surface area (Å²) in [4.78, 5) is 3.98. The lowest BCUT2D eigenvalue weighted by atomic mass is 10.1. The normalized spacial score (nSPS) is 12.5. The van der Waals surface area contributed by atoms with Crippen LogP contribution in [0.2, 0.25) is 0 Å². The molecule has 1 aliphatic heterocycles. The van der Waals surface area contributed by atoms with Crippen LogP contribution in [-0.2, 0) is 6.42 Å². The molecule has 0 bridgehead atoms. The highest BCUT2D eigenvalue weighted by molar-refractivity contribution is 5.46. The van der Waals surface area contributed by atoms with Crippen LogP contribution in [0.5, 0.6) is 11.5 Å². The van der Waals surface area contributed by atoms with Crippen LogP contribution in [0.25, 0.3) is 0 Å². The van der Waals surface area contributed by atoms with E-state index in [1.165, 1.54) is 0 Å². The van der Waals surface area contributed by atoms with Crippen LogP contribution in [0.15, 0.2) is 6.20 Å². The Kier molecular flexibility index (Phi) is 3.12. The lowest BCUT2D eigenvalue weighted by Crippen LogP contribution is -1.86. The van der Waals surface area contributed by atoms with Crippen LogP contribution in [0, 0.1) is 6.92 Å². The smallest absolute Gasteiger partial charge is 0.144 e. The second-order valence-corrected chi connectivity index (χ2v) is 2.63. The predicted octanol–water partition coefficient (Wildman–Crippen LogP) is 2.06. The maximum Gasteiger partial charge on any atom is 0.144 e. The molecule has 0 aliphatic carbocycles. The Morgan fingerprint density at radius 2 is 2.15 bits per heavy atom. The van der Waals surface area contributed by atoms with Crippen molar-refractivity contribution >= 4 is 0 Å². The van der Waals surface area contributed by atoms with Crippen LogP contribution in [-0.4, -0.2) is 16.7 Å². The Morgan fingerprint density at radius 1 is 1.46 bits per heavy atom. The predicted molar refractivity (Wildman–Crippen MR) is 51.2 cm³/mol. The van der Waals surface area contributed by atoms with E-state index >= 15 is 0 Å². The molecular formula is C10H15NO2. The lowest BCUT2D eigenvalue weighted by Gasteiger charge is -2.01. The SMILES string of the molecule is CC.Cc1ncc2c(c1O)CCO2. The Hall–Kier alpha value is -1.25. The largest absolute Gasteiger partial charge is 0.506 e. The minimum absolute atomic E-state index is 0.292. The monoisotopic (exact) mass is 181 g/mol. The van der Waals surface area contributed by atoms with E-state index in [1.807, 2.05) is 13.8 Å². The third-order valence-corrected chi connectivity index (χ3v) is 1.91. The Labute approximate surface area is 78.4 Å². The molecule has 1 aromatic rings. The van der Waals surface area contributed by atoms with E-state index in [0.717, 1.165) is 17.7 Å². The molecule has 0 unspecified atom stereocenters. The summed E-state index contributed by atoms with van der Waals surface area (Å²) in [5.74, 6) is 1.02. The molecule has 0 amide bonds. The van der Waals surface area contributed by atoms with Crippen LogP contribution in [0.4, 0.5) is 0 Å². The topological polar surface area (TPSA) is 42.4 Å². The molecule has 3 heteroatoms. The second kappa shape index (κ2) is 4.12. The van der Waals surface area contributed by atoms with Crippen LogP contribution >= 0.6 is 0 Å². The third kappa shape index (κ3) is 1.74. The first-order valence-electron chi connectivity index (χ1n) is 4.59. The number of fused-ring (bicyclic) bond motifs is 1. The molecule has 1 aromatic heterocycles. The van der Waals surface area contributed by atoms with E-state index in [4.69, 9.17) is 4.74 Å². The number of ether oxygens (including phenoxy) is 1. The summed E-state index contributed by atoms with van der Waals surface area (Å²) in [6.45, 7) is 6.45. The Balaban J connectivity index is 0.000000396. The minimum atomic E-state index is 0.292. The van der Waals surface area contributed by atoms with E-state index in [2.05, 4.69) is 4.98 Å². The molecule has 0 saturated carbocycles. The van der Waals surface area contributed by atoms with Gasteiger partial charge >= 0.3 is 0 Å². The number of hydrogen-bond acceptors (Lipinski definition) is 3. The lowest BCUT2D eigenvalue weighted by molar-refractivity contribution is 0.355. The third-order valence-electron chi connectivity index (χ3n) is 1.91. The van der Waals surface area contributed by atoms with Gasteiger partial charge in [0, 0.05) is 12.0 Å². The van der Waals surface area contributed by atoms with Crippen molar-refractivity contribution in [2.24, 2.45) is 0 Å². The summed E-state index contributed by atoms with van der Waals surface area (Å²) in [6.07, 6.45) is 2.46. The molecule has 3 nitrogen and oxygen atoms in total. The van der Waals surface area contributed by atoms with Gasteiger partial charge in [0.2, 0.25) is 0 Å². The highest BCUT2D eigenvalue weighted by Gasteiger charge is 2.17. The first-order valence-corrected chi connectivity index (χ1v) is 4.59. The van der Waals surface area contributed by atoms with Gasteiger partial charge in [0.05, 0.1) is 18.5 Å². The van der Waals surface area contributed by atoms with E-state index in [1.54, 1.807) is 13.1 Å². The minimum Gasteiger partial charge on any atom is -0.506 e. The van der Waals surface area contributed by atoms with Crippen molar-refractivity contribution in [1.82, 2.24) is 4.98 Å². The van der Waals surface area contributed by atoms with Gasteiger partial charge in [-0.25, -0.2) is 0 Å². The average Bonchev–Trinajstić information content (AvgIpc) is 2.63. The van der Waals surface area contributed by atoms with Gasteiger partial charge in [0.25, 0.3) is 0 Å². The van der Waals surface area contributed by atoms with E-state index in [0.29, 0.717) is 18.1 Å². The highest BCUT2D eigenvalue weighted by atomic mass is 16.5. The van der Waals surface area contributed by atoms with Gasteiger partial charge in [-0.3, -0.25) is 4.98 Å². The van der Waals surface area contributed by atoms with Crippen molar-refractivity contribution in [1.29, 1.82) is 0 Å². The highest BCUT2D eigenvalue weighted by Crippen LogP contribution is 2.33. The van der Waals surface area contributed by atoms with Crippen molar-refractivity contribution in [3.8, 4) is 11.5 Å². The van der Waals surface area contributed by atoms with Crippen LogP contribution < -0.4 is 4.74 Å². The molecule has 1 N–H and O–H groups in total. The summed E-state index contributed by atoms with van der Waals surface area (Å²) in [7, 11) is 0. The number of hydrogen-bond donors (Lipinski definition) is 1. The van der Waals surface area contributed by atoms with Gasteiger partial charge < -0.3 is 9.84 Å². The first-order chi connectivity index (χ1) is 6.29. The zero-order chi connectivity index (χ0) is 9.84. The average molecular weight is 181 g/mol. The van der Waals surface area contributed by atoms with Gasteiger partial charge in [0.1, 0.15) is 11.5 Å². The number of rotatable bonds is 0. The first kappa shape index (κ1) is 9.84. The van der Waals surface area contributed by atoms with Crippen LogP contribution in [0.1, 0.15) is 25.1 Å². The quantitative estimate of drug-likeness (QED) is 0.666. The Bertz CT molecular complexity index is 297. The van der Waals surface area contributed by atoms with Gasteiger partial charge in [-0.05, 0) is 6.92 Å². The molecule has 1 aliphatic rings. The van der Waals surface area contributed by atoms with Crippen LogP contribution in [0.3, 0.4) is 0 Å². The maximum atomic E-state index is 9.48. The summed E-state index contributed by atoms with van der Waals surface area (Å²) in [5.41, 5.74) is 1.58. The number of pyridine rings is 1. The molecular weight excluding hydrogens is 166 g/mol. The molecule has 0 atom stereocenters. The van der Waals surface area contributed by atoms with Gasteiger partial charge in [-0.1, -0.05) is 13.8 Å². The van der Waals surface area contributed by atoms with Crippen molar-refractivity contribution in [2.75, 3.05) is 6.61 Å². The molecule has 0 radical (unpaired) electrons. The fourth-order valence-electron chi connectivity index (χ4n) is 1.26. The molecule has 2 rings (SSSR count). The van der Waals surface area contributed by atoms with E-state index < -0.39 is 0 Å². The number of aromatic nitrogens is 1. The van der Waals surface area contributed by atoms with Crippen molar-refractivity contribution in [3.63, 3.8) is 0 Å². The molecule has 2 heterocycles. The summed E-state index contributed by atoms with van der Waals surface area (Å²) in [6, 6.07) is 0. The molecule has 0 fully saturated rings. The number of aromatic hydroxyl groups is 1. The molecule has 13 heavy (non-hydrogen) atoms. The standard InChI is InChI=1S/C8H9NO2.C2H6/c1-5-8(10)6-2-3-11-7(6)4-9-5;1-2/h4,10H,2-3H2,1H3;1-2H3. The Morgan fingerprint density at radius 3 is 2.85 bits per heavy atom. The molecule has 0 aromatic carbocycles. The van der Waals surface area contributed by atoms with Crippen molar-refractivity contribution < 1.29 is 9.84 Å². The molecule has 0 spiro atoms. The number of aryl methyl sites for hydroxylation is 1.